The second-order valence-corrected chi connectivity index (χ2v) is 4.16. The van der Waals surface area contributed by atoms with Crippen LogP contribution in [0.5, 0.6) is 0 Å². The van der Waals surface area contributed by atoms with E-state index in [4.69, 9.17) is 0 Å². The quantitative estimate of drug-likeness (QED) is 0.747. The molecule has 1 aliphatic rings. The Labute approximate surface area is 81.9 Å². The Kier molecular flexibility index (Phi) is 2.75. The highest BCUT2D eigenvalue weighted by Gasteiger charge is 2.20. The van der Waals surface area contributed by atoms with Crippen molar-refractivity contribution in [3.63, 3.8) is 0 Å². The number of anilines is 1. The molecule has 0 aromatic carbocycles. The first-order valence-corrected chi connectivity index (χ1v) is 5.40. The van der Waals surface area contributed by atoms with Gasteiger partial charge in [0.1, 0.15) is 6.33 Å². The first kappa shape index (κ1) is 8.90. The van der Waals surface area contributed by atoms with Gasteiger partial charge >= 0.3 is 0 Å². The van der Waals surface area contributed by atoms with Gasteiger partial charge in [-0.2, -0.15) is 4.37 Å². The molecule has 0 amide bonds. The summed E-state index contributed by atoms with van der Waals surface area (Å²) in [5, 5.41) is 7.76. The molecule has 1 aromatic heterocycles. The van der Waals surface area contributed by atoms with E-state index >= 15 is 0 Å². The van der Waals surface area contributed by atoms with Gasteiger partial charge < -0.3 is 10.6 Å². The molecule has 2 atom stereocenters. The first-order valence-electron chi connectivity index (χ1n) is 4.63. The highest BCUT2D eigenvalue weighted by Crippen LogP contribution is 2.15. The first-order chi connectivity index (χ1) is 6.36. The summed E-state index contributed by atoms with van der Waals surface area (Å²) in [7, 11) is 0. The highest BCUT2D eigenvalue weighted by molar-refractivity contribution is 7.09. The van der Waals surface area contributed by atoms with E-state index in [9.17, 15) is 0 Å². The number of nitrogens with one attached hydrogen (secondary N) is 2. The zero-order chi connectivity index (χ0) is 9.10. The molecular formula is C8H14N4S. The van der Waals surface area contributed by atoms with Crippen molar-refractivity contribution < 1.29 is 0 Å². The average molecular weight is 198 g/mol. The van der Waals surface area contributed by atoms with E-state index in [2.05, 4.69) is 26.9 Å². The van der Waals surface area contributed by atoms with Crippen molar-refractivity contribution in [2.75, 3.05) is 11.9 Å². The van der Waals surface area contributed by atoms with E-state index in [-0.39, 0.29) is 0 Å². The molecule has 2 N–H and O–H groups in total. The van der Waals surface area contributed by atoms with Crippen molar-refractivity contribution in [3.05, 3.63) is 6.33 Å². The van der Waals surface area contributed by atoms with Gasteiger partial charge in [-0.1, -0.05) is 0 Å². The number of hydrogen-bond acceptors (Lipinski definition) is 5. The Morgan fingerprint density at radius 1 is 1.69 bits per heavy atom. The summed E-state index contributed by atoms with van der Waals surface area (Å²) in [5.74, 6) is 0. The van der Waals surface area contributed by atoms with Crippen LogP contribution in [0.4, 0.5) is 5.13 Å². The van der Waals surface area contributed by atoms with E-state index in [1.54, 1.807) is 6.33 Å². The van der Waals surface area contributed by atoms with E-state index in [0.717, 1.165) is 11.7 Å². The zero-order valence-corrected chi connectivity index (χ0v) is 8.47. The van der Waals surface area contributed by atoms with Crippen molar-refractivity contribution in [1.29, 1.82) is 0 Å². The van der Waals surface area contributed by atoms with Crippen LogP contribution < -0.4 is 10.6 Å². The van der Waals surface area contributed by atoms with E-state index in [1.807, 2.05) is 0 Å². The fourth-order valence-corrected chi connectivity index (χ4v) is 2.13. The van der Waals surface area contributed by atoms with Gasteiger partial charge in [-0.3, -0.25) is 0 Å². The normalized spacial score (nSPS) is 28.7. The Morgan fingerprint density at radius 2 is 2.62 bits per heavy atom. The molecule has 1 aliphatic heterocycles. The maximum atomic E-state index is 4.11. The molecule has 2 rings (SSSR count). The van der Waals surface area contributed by atoms with Crippen molar-refractivity contribution >= 4 is 16.7 Å². The van der Waals surface area contributed by atoms with Crippen molar-refractivity contribution in [2.24, 2.45) is 0 Å². The van der Waals surface area contributed by atoms with Gasteiger partial charge in [-0.05, 0) is 26.3 Å². The summed E-state index contributed by atoms with van der Waals surface area (Å²) in [5.41, 5.74) is 0. The minimum absolute atomic E-state index is 0.502. The maximum Gasteiger partial charge on any atom is 0.202 e. The number of rotatable bonds is 2. The number of piperidine rings is 1. The smallest absolute Gasteiger partial charge is 0.202 e. The Hall–Kier alpha value is -0.680. The lowest BCUT2D eigenvalue weighted by Gasteiger charge is -2.30. The van der Waals surface area contributed by atoms with Crippen LogP contribution in [-0.2, 0) is 0 Å². The molecule has 2 unspecified atom stereocenters. The molecule has 0 saturated carbocycles. The summed E-state index contributed by atoms with van der Waals surface area (Å²) in [4.78, 5) is 4.11. The van der Waals surface area contributed by atoms with Gasteiger partial charge in [-0.15, -0.1) is 0 Å². The summed E-state index contributed by atoms with van der Waals surface area (Å²) in [6.45, 7) is 3.34. The van der Waals surface area contributed by atoms with E-state index in [0.29, 0.717) is 12.1 Å². The average Bonchev–Trinajstić information content (AvgIpc) is 2.61. The minimum Gasteiger partial charge on any atom is -0.356 e. The molecule has 4 nitrogen and oxygen atoms in total. The molecule has 13 heavy (non-hydrogen) atoms. The van der Waals surface area contributed by atoms with Gasteiger partial charge in [0.25, 0.3) is 0 Å². The molecule has 72 valence electrons. The molecular weight excluding hydrogens is 184 g/mol. The molecule has 1 saturated heterocycles. The summed E-state index contributed by atoms with van der Waals surface area (Å²) in [6, 6.07) is 1.03. The second-order valence-electron chi connectivity index (χ2n) is 3.38. The number of aromatic nitrogens is 2. The fourth-order valence-electron chi connectivity index (χ4n) is 1.64. The van der Waals surface area contributed by atoms with Crippen LogP contribution in [0, 0.1) is 0 Å². The molecule has 0 bridgehead atoms. The van der Waals surface area contributed by atoms with Crippen LogP contribution in [0.25, 0.3) is 0 Å². The zero-order valence-electron chi connectivity index (χ0n) is 7.66. The van der Waals surface area contributed by atoms with Crippen molar-refractivity contribution in [3.8, 4) is 0 Å². The lowest BCUT2D eigenvalue weighted by atomic mass is 10.0. The Balaban J connectivity index is 1.93. The molecule has 0 aliphatic carbocycles. The molecule has 1 aromatic rings. The predicted octanol–water partition coefficient (Wildman–Crippen LogP) is 1.09. The van der Waals surface area contributed by atoms with Gasteiger partial charge in [-0.25, -0.2) is 4.98 Å². The fraction of sp³-hybridized carbons (Fsp3) is 0.750. The topological polar surface area (TPSA) is 49.8 Å². The molecule has 2 heterocycles. The van der Waals surface area contributed by atoms with Crippen LogP contribution in [0.15, 0.2) is 6.33 Å². The highest BCUT2D eigenvalue weighted by atomic mass is 32.1. The van der Waals surface area contributed by atoms with Gasteiger partial charge in [0, 0.05) is 23.6 Å². The minimum atomic E-state index is 0.502. The molecule has 0 radical (unpaired) electrons. The Morgan fingerprint density at radius 3 is 3.31 bits per heavy atom. The number of nitrogens with zero attached hydrogens (tertiary/aromatic N) is 2. The van der Waals surface area contributed by atoms with Crippen LogP contribution in [0.1, 0.15) is 19.8 Å². The maximum absolute atomic E-state index is 4.11. The predicted molar refractivity (Wildman–Crippen MR) is 54.0 cm³/mol. The third-order valence-corrected chi connectivity index (χ3v) is 3.03. The largest absolute Gasteiger partial charge is 0.356 e. The molecule has 1 fully saturated rings. The molecule has 5 heteroatoms. The third kappa shape index (κ3) is 2.16. The summed E-state index contributed by atoms with van der Waals surface area (Å²) in [6.07, 6.45) is 4.04. The van der Waals surface area contributed by atoms with Gasteiger partial charge in [0.05, 0.1) is 0 Å². The van der Waals surface area contributed by atoms with Crippen LogP contribution in [-0.4, -0.2) is 28.0 Å². The van der Waals surface area contributed by atoms with E-state index in [1.165, 1.54) is 24.4 Å². The van der Waals surface area contributed by atoms with Crippen LogP contribution in [0.3, 0.4) is 0 Å². The SMILES string of the molecule is CC1NCCCC1Nc1ncns1. The van der Waals surface area contributed by atoms with Gasteiger partial charge in [0.15, 0.2) is 0 Å². The monoisotopic (exact) mass is 198 g/mol. The number of hydrogen-bond donors (Lipinski definition) is 2. The van der Waals surface area contributed by atoms with Crippen molar-refractivity contribution in [2.45, 2.75) is 31.8 Å². The third-order valence-electron chi connectivity index (χ3n) is 2.43. The van der Waals surface area contributed by atoms with Crippen LogP contribution >= 0.6 is 11.5 Å². The molecule has 0 spiro atoms. The summed E-state index contributed by atoms with van der Waals surface area (Å²) >= 11 is 1.42. The standard InChI is InChI=1S/C8H14N4S/c1-6-7(3-2-4-9-6)12-8-10-5-11-13-8/h5-7,9H,2-4H2,1H3,(H,10,11,12). The van der Waals surface area contributed by atoms with Crippen molar-refractivity contribution in [1.82, 2.24) is 14.7 Å². The lowest BCUT2D eigenvalue weighted by Crippen LogP contribution is -2.46. The van der Waals surface area contributed by atoms with Gasteiger partial charge in [0.2, 0.25) is 5.13 Å². The van der Waals surface area contributed by atoms with E-state index < -0.39 is 0 Å². The Bertz CT molecular complexity index is 249. The summed E-state index contributed by atoms with van der Waals surface area (Å²) < 4.78 is 3.96. The van der Waals surface area contributed by atoms with Crippen LogP contribution in [0.2, 0.25) is 0 Å². The lowest BCUT2D eigenvalue weighted by molar-refractivity contribution is 0.389. The second kappa shape index (κ2) is 4.02.